The highest BCUT2D eigenvalue weighted by Gasteiger charge is 2.56. The smallest absolute Gasteiger partial charge is 0.416 e. The third-order valence-corrected chi connectivity index (χ3v) is 16.7. The van der Waals surface area contributed by atoms with Crippen LogP contribution >= 0.6 is 0 Å². The Balaban J connectivity index is 5.68. The van der Waals surface area contributed by atoms with E-state index < -0.39 is 52.1 Å². The maximum Gasteiger partial charge on any atom is 0.660 e. The summed E-state index contributed by atoms with van der Waals surface area (Å²) in [6.45, 7) is 23.7. The van der Waals surface area contributed by atoms with Gasteiger partial charge in [0.1, 0.15) is 0 Å². The van der Waals surface area contributed by atoms with Gasteiger partial charge in [-0.05, 0) is 39.3 Å². The van der Waals surface area contributed by atoms with Crippen molar-refractivity contribution in [3.8, 4) is 0 Å². The van der Waals surface area contributed by atoms with Crippen LogP contribution in [0.3, 0.4) is 0 Å². The van der Waals surface area contributed by atoms with Crippen LogP contribution in [0.5, 0.6) is 0 Å². The average molecular weight is 475 g/mol. The van der Waals surface area contributed by atoms with E-state index in [9.17, 15) is 0 Å². The second kappa shape index (κ2) is 10.7. The van der Waals surface area contributed by atoms with Crippen LogP contribution < -0.4 is 0 Å². The fourth-order valence-corrected chi connectivity index (χ4v) is 18.8. The van der Waals surface area contributed by atoms with Crippen molar-refractivity contribution in [1.29, 1.82) is 0 Å². The molecule has 0 aliphatic rings. The Morgan fingerprint density at radius 2 is 1.04 bits per heavy atom. The van der Waals surface area contributed by atoms with Crippen LogP contribution in [-0.4, -0.2) is 71.7 Å². The first-order valence-corrected chi connectivity index (χ1v) is 26.4. The largest absolute Gasteiger partial charge is 0.660 e. The molecule has 158 valence electrons. The summed E-state index contributed by atoms with van der Waals surface area (Å²) in [5.41, 5.74) is 0. The molecule has 0 aromatic carbocycles. The molecule has 6 nitrogen and oxygen atoms in total. The van der Waals surface area contributed by atoms with E-state index in [4.69, 9.17) is 25.6 Å². The number of hydrogen-bond acceptors (Lipinski definition) is 6. The molecule has 0 amide bonds. The van der Waals surface area contributed by atoms with Crippen LogP contribution in [0.15, 0.2) is 0 Å². The standard InChI is InChI=1S/C14H42O6Si6/c1-15-26(17-14-22(4)5,19-24(9,10)11)20-25(12,16-13-21(2)3)18-23(6,7)8/h21-22H,13-14H2,1-12H3. The summed E-state index contributed by atoms with van der Waals surface area (Å²) in [6.07, 6.45) is 1.37. The topological polar surface area (TPSA) is 55.4 Å². The molecule has 26 heavy (non-hydrogen) atoms. The molecule has 0 heterocycles. The minimum absolute atomic E-state index is 0.654. The Labute approximate surface area is 169 Å². The van der Waals surface area contributed by atoms with Crippen LogP contribution in [0.4, 0.5) is 0 Å². The maximum absolute atomic E-state index is 6.51. The van der Waals surface area contributed by atoms with E-state index in [2.05, 4.69) is 65.5 Å². The summed E-state index contributed by atoms with van der Waals surface area (Å²) in [5.74, 6) is 0. The molecular weight excluding hydrogens is 433 g/mol. The first kappa shape index (κ1) is 27.1. The highest BCUT2D eigenvalue weighted by Crippen LogP contribution is 2.26. The van der Waals surface area contributed by atoms with Crippen molar-refractivity contribution in [1.82, 2.24) is 0 Å². The highest BCUT2D eigenvalue weighted by atomic mass is 28.5. The van der Waals surface area contributed by atoms with Crippen molar-refractivity contribution in [2.24, 2.45) is 0 Å². The highest BCUT2D eigenvalue weighted by molar-refractivity contribution is 6.85. The van der Waals surface area contributed by atoms with Gasteiger partial charge in [-0.2, -0.15) is 0 Å². The van der Waals surface area contributed by atoms with Crippen LogP contribution in [0.1, 0.15) is 0 Å². The van der Waals surface area contributed by atoms with E-state index in [0.29, 0.717) is 12.5 Å². The zero-order valence-corrected chi connectivity index (χ0v) is 25.3. The van der Waals surface area contributed by atoms with E-state index >= 15 is 0 Å². The van der Waals surface area contributed by atoms with Crippen molar-refractivity contribution in [3.63, 3.8) is 0 Å². The molecule has 0 N–H and O–H groups in total. The van der Waals surface area contributed by atoms with Crippen molar-refractivity contribution < 1.29 is 25.6 Å². The lowest BCUT2D eigenvalue weighted by molar-refractivity contribution is 0.0391. The van der Waals surface area contributed by atoms with E-state index in [1.165, 1.54) is 0 Å². The fourth-order valence-electron chi connectivity index (χ4n) is 2.05. The molecule has 0 bridgehead atoms. The van der Waals surface area contributed by atoms with Gasteiger partial charge in [0.15, 0.2) is 16.6 Å². The normalized spacial score (nSPS) is 18.2. The third-order valence-electron chi connectivity index (χ3n) is 2.76. The predicted molar refractivity (Wildman–Crippen MR) is 124 cm³/mol. The number of rotatable bonds is 13. The van der Waals surface area contributed by atoms with Crippen LogP contribution in [0.2, 0.25) is 72.0 Å². The predicted octanol–water partition coefficient (Wildman–Crippen LogP) is 3.44. The molecule has 0 saturated heterocycles. The Kier molecular flexibility index (Phi) is 11.2. The minimum Gasteiger partial charge on any atom is -0.416 e. The van der Waals surface area contributed by atoms with Gasteiger partial charge in [-0.25, -0.2) is 0 Å². The number of hydrogen-bond donors (Lipinski definition) is 0. The Hall–Kier alpha value is 1.06. The van der Waals surface area contributed by atoms with Gasteiger partial charge in [-0.1, -0.05) is 26.2 Å². The lowest BCUT2D eigenvalue weighted by Crippen LogP contribution is -2.64. The summed E-state index contributed by atoms with van der Waals surface area (Å²) in [5, 5.41) is 0. The molecule has 2 atom stereocenters. The van der Waals surface area contributed by atoms with Gasteiger partial charge in [-0.3, -0.25) is 0 Å². The SMILES string of the molecule is CO[Si](OC[SiH](C)C)(O[Si](C)(C)C)O[Si](C)(OC[SiH](C)C)O[Si](C)(C)C. The second-order valence-corrected chi connectivity index (χ2v) is 30.4. The van der Waals surface area contributed by atoms with Crippen molar-refractivity contribution in [2.75, 3.05) is 19.6 Å². The van der Waals surface area contributed by atoms with Gasteiger partial charge in [0.2, 0.25) is 0 Å². The Morgan fingerprint density at radius 1 is 0.615 bits per heavy atom. The molecule has 0 aliphatic heterocycles. The molecule has 0 aliphatic carbocycles. The molecule has 12 heteroatoms. The monoisotopic (exact) mass is 474 g/mol. The van der Waals surface area contributed by atoms with E-state index in [1.807, 2.05) is 6.55 Å². The zero-order valence-electron chi connectivity index (χ0n) is 19.0. The van der Waals surface area contributed by atoms with Crippen molar-refractivity contribution in [2.45, 2.75) is 72.0 Å². The van der Waals surface area contributed by atoms with E-state index in [1.54, 1.807) is 7.11 Å². The molecule has 0 fully saturated rings. The molecule has 0 radical (unpaired) electrons. The fraction of sp³-hybridized carbons (Fsp3) is 1.00. The van der Waals surface area contributed by atoms with Crippen LogP contribution in [0, 0.1) is 0 Å². The molecule has 2 unspecified atom stereocenters. The summed E-state index contributed by atoms with van der Waals surface area (Å²) >= 11 is 0. The van der Waals surface area contributed by atoms with Gasteiger partial charge in [-0.15, -0.1) is 0 Å². The lowest BCUT2D eigenvalue weighted by Gasteiger charge is -2.40. The molecule has 0 aromatic rings. The van der Waals surface area contributed by atoms with Crippen molar-refractivity contribution >= 4 is 52.1 Å². The summed E-state index contributed by atoms with van der Waals surface area (Å²) < 4.78 is 37.6. The quantitative estimate of drug-likeness (QED) is 0.381. The first-order valence-electron chi connectivity index (χ1n) is 9.45. The van der Waals surface area contributed by atoms with E-state index in [-0.39, 0.29) is 0 Å². The van der Waals surface area contributed by atoms with Gasteiger partial charge in [0.05, 0.1) is 17.6 Å². The maximum atomic E-state index is 6.51. The Morgan fingerprint density at radius 3 is 1.38 bits per heavy atom. The zero-order chi connectivity index (χ0) is 20.8. The van der Waals surface area contributed by atoms with Crippen molar-refractivity contribution in [3.05, 3.63) is 0 Å². The first-order chi connectivity index (χ1) is 11.5. The third kappa shape index (κ3) is 12.5. The van der Waals surface area contributed by atoms with Crippen LogP contribution in [0.25, 0.3) is 0 Å². The molecule has 0 spiro atoms. The molecule has 0 rings (SSSR count). The second-order valence-electron chi connectivity index (χ2n) is 9.51. The van der Waals surface area contributed by atoms with Crippen LogP contribution in [-0.2, 0) is 25.6 Å². The van der Waals surface area contributed by atoms with Gasteiger partial charge in [0.25, 0.3) is 0 Å². The average Bonchev–Trinajstić information content (AvgIpc) is 2.39. The molecule has 0 saturated carbocycles. The summed E-state index contributed by atoms with van der Waals surface area (Å²) in [7, 11) is -10.4. The minimum atomic E-state index is -3.33. The lowest BCUT2D eigenvalue weighted by atomic mass is 11.7. The van der Waals surface area contributed by atoms with Gasteiger partial charge in [0, 0.05) is 26.1 Å². The van der Waals surface area contributed by atoms with Gasteiger partial charge < -0.3 is 25.6 Å². The summed E-state index contributed by atoms with van der Waals surface area (Å²) in [4.78, 5) is 0. The summed E-state index contributed by atoms with van der Waals surface area (Å²) in [6, 6.07) is 0. The Bertz CT molecular complexity index is 414. The molecular formula is C14H42O6Si6. The molecule has 0 aromatic heterocycles. The van der Waals surface area contributed by atoms with Gasteiger partial charge >= 0.3 is 17.9 Å². The van der Waals surface area contributed by atoms with E-state index in [0.717, 1.165) is 0 Å².